The van der Waals surface area contributed by atoms with Crippen molar-refractivity contribution >= 4 is 28.3 Å². The quantitative estimate of drug-likeness (QED) is 0.740. The van der Waals surface area contributed by atoms with Crippen molar-refractivity contribution in [1.82, 2.24) is 0 Å². The van der Waals surface area contributed by atoms with Crippen LogP contribution in [0.5, 0.6) is 0 Å². The van der Waals surface area contributed by atoms with Crippen LogP contribution >= 0.6 is 10.2 Å². The van der Waals surface area contributed by atoms with Gasteiger partial charge in [-0.05, 0) is 6.07 Å². The summed E-state index contributed by atoms with van der Waals surface area (Å²) in [4.78, 5) is -2.61. The molecule has 0 aliphatic carbocycles. The molecule has 0 amide bonds. The van der Waals surface area contributed by atoms with E-state index in [-0.39, 0.29) is 6.07 Å². The zero-order valence-corrected chi connectivity index (χ0v) is 9.27. The predicted molar refractivity (Wildman–Crippen MR) is 52.0 cm³/mol. The molecule has 1 rings (SSSR count). The smallest absolute Gasteiger partial charge is 0.205 e. The van der Waals surface area contributed by atoms with Gasteiger partial charge in [-0.1, -0.05) is 19.4 Å². The summed E-state index contributed by atoms with van der Waals surface area (Å²) in [5.41, 5.74) is -2.58. The molecule has 0 N–H and O–H groups in total. The molecule has 0 saturated heterocycles. The zero-order chi connectivity index (χ0) is 13.5. The first-order chi connectivity index (χ1) is 7.38. The largest absolute Gasteiger partial charge is 0.311 e. The minimum absolute atomic E-state index is 0.143. The van der Waals surface area contributed by atoms with E-state index < -0.39 is 32.2 Å². The minimum atomic E-state index is -10.2. The standard InChI is InChI=1S/C7H2F6N2S2/c8-6-1-4(15-16)2-7(5(6)3-14)17(9,10,11,12)13/h1-2H. The molecule has 0 spiro atoms. The van der Waals surface area contributed by atoms with Crippen molar-refractivity contribution in [3.05, 3.63) is 23.5 Å². The second-order valence-corrected chi connectivity index (χ2v) is 5.53. The summed E-state index contributed by atoms with van der Waals surface area (Å²) in [6, 6.07) is 0.982. The van der Waals surface area contributed by atoms with E-state index in [9.17, 15) is 23.8 Å². The third kappa shape index (κ3) is 2.86. The predicted octanol–water partition coefficient (Wildman–Crippen LogP) is 4.72. The van der Waals surface area contributed by atoms with Crippen molar-refractivity contribution in [2.75, 3.05) is 0 Å². The Morgan fingerprint density at radius 3 is 2.06 bits per heavy atom. The molecule has 0 unspecified atom stereocenters. The lowest BCUT2D eigenvalue weighted by atomic mass is 10.2. The molecule has 0 bridgehead atoms. The van der Waals surface area contributed by atoms with E-state index in [1.54, 1.807) is 0 Å². The monoisotopic (exact) mass is 292 g/mol. The zero-order valence-electron chi connectivity index (χ0n) is 7.63. The van der Waals surface area contributed by atoms with Crippen LogP contribution in [-0.2, 0) is 12.4 Å². The van der Waals surface area contributed by atoms with E-state index in [0.717, 1.165) is 6.07 Å². The summed E-state index contributed by atoms with van der Waals surface area (Å²) in [7, 11) is -10.2. The maximum absolute atomic E-state index is 13.0. The van der Waals surface area contributed by atoms with Gasteiger partial charge in [-0.2, -0.15) is 9.62 Å². The van der Waals surface area contributed by atoms with Gasteiger partial charge in [-0.15, -0.1) is 0 Å². The summed E-state index contributed by atoms with van der Waals surface area (Å²) in [6.45, 7) is 0. The summed E-state index contributed by atoms with van der Waals surface area (Å²) in [5, 5.41) is 8.29. The topological polar surface area (TPSA) is 36.1 Å². The molecule has 1 aromatic carbocycles. The summed E-state index contributed by atoms with van der Waals surface area (Å²) >= 11 is 3.99. The molecule has 0 heterocycles. The lowest BCUT2D eigenvalue weighted by Gasteiger charge is -2.41. The van der Waals surface area contributed by atoms with Gasteiger partial charge >= 0.3 is 10.2 Å². The third-order valence-electron chi connectivity index (χ3n) is 1.67. The van der Waals surface area contributed by atoms with E-state index >= 15 is 0 Å². The molecule has 17 heavy (non-hydrogen) atoms. The highest BCUT2D eigenvalue weighted by Gasteiger charge is 2.67. The van der Waals surface area contributed by atoms with Crippen LogP contribution in [-0.4, -0.2) is 0 Å². The molecular weight excluding hydrogens is 290 g/mol. The first kappa shape index (κ1) is 13.7. The fraction of sp³-hybridized carbons (Fsp3) is 0. The van der Waals surface area contributed by atoms with Crippen LogP contribution in [0.25, 0.3) is 0 Å². The molecule has 0 radical (unpaired) electrons. The fourth-order valence-corrected chi connectivity index (χ4v) is 2.01. The first-order valence-corrected chi connectivity index (χ1v) is 6.02. The Hall–Kier alpha value is -1.34. The highest BCUT2D eigenvalue weighted by Crippen LogP contribution is 3.02. The van der Waals surface area contributed by atoms with Gasteiger partial charge < -0.3 is 0 Å². The van der Waals surface area contributed by atoms with Crippen LogP contribution in [0, 0.1) is 17.1 Å². The van der Waals surface area contributed by atoms with Gasteiger partial charge in [-0.25, -0.2) is 4.39 Å². The van der Waals surface area contributed by atoms with Crippen LogP contribution in [0.2, 0.25) is 0 Å². The molecule has 2 nitrogen and oxygen atoms in total. The summed E-state index contributed by atoms with van der Waals surface area (Å²) in [5.74, 6) is -1.75. The molecule has 1 aromatic rings. The van der Waals surface area contributed by atoms with Gasteiger partial charge in [0, 0.05) is 18.5 Å². The third-order valence-corrected chi connectivity index (χ3v) is 3.04. The Balaban J connectivity index is 3.84. The van der Waals surface area contributed by atoms with E-state index in [4.69, 9.17) is 5.26 Å². The van der Waals surface area contributed by atoms with Crippen LogP contribution in [0.1, 0.15) is 5.56 Å². The van der Waals surface area contributed by atoms with Crippen LogP contribution < -0.4 is 0 Å². The summed E-state index contributed by atoms with van der Waals surface area (Å²) in [6.07, 6.45) is 0. The Labute approximate surface area is 96.7 Å². The fourth-order valence-electron chi connectivity index (χ4n) is 1.03. The molecule has 0 aliphatic rings. The van der Waals surface area contributed by atoms with E-state index in [0.29, 0.717) is 6.07 Å². The first-order valence-electron chi connectivity index (χ1n) is 3.70. The number of benzene rings is 1. The number of nitrogens with zero attached hydrogens (tertiary/aromatic N) is 2. The van der Waals surface area contributed by atoms with Gasteiger partial charge in [-0.3, -0.25) is 0 Å². The maximum atomic E-state index is 13.0. The van der Waals surface area contributed by atoms with Gasteiger partial charge in [0.2, 0.25) is 0 Å². The van der Waals surface area contributed by atoms with Gasteiger partial charge in [0.15, 0.2) is 0 Å². The van der Waals surface area contributed by atoms with Crippen molar-refractivity contribution in [2.45, 2.75) is 4.90 Å². The van der Waals surface area contributed by atoms with Crippen molar-refractivity contribution in [2.24, 2.45) is 4.36 Å². The Bertz CT molecular complexity index is 544. The van der Waals surface area contributed by atoms with Crippen LogP contribution in [0.3, 0.4) is 0 Å². The van der Waals surface area contributed by atoms with Gasteiger partial charge in [0.1, 0.15) is 22.3 Å². The van der Waals surface area contributed by atoms with Crippen molar-refractivity contribution in [3.63, 3.8) is 0 Å². The molecule has 0 fully saturated rings. The Kier molecular flexibility index (Phi) is 2.51. The van der Waals surface area contributed by atoms with E-state index in [1.165, 1.54) is 0 Å². The molecule has 94 valence electrons. The minimum Gasteiger partial charge on any atom is -0.205 e. The molecule has 0 saturated carbocycles. The molecular formula is C7H2F6N2S2. The number of hydrogen-bond donors (Lipinski definition) is 0. The van der Waals surface area contributed by atoms with Crippen molar-refractivity contribution in [1.29, 1.82) is 5.26 Å². The van der Waals surface area contributed by atoms with E-state index in [1.807, 2.05) is 0 Å². The number of nitriles is 1. The lowest BCUT2D eigenvalue weighted by molar-refractivity contribution is 0.362. The molecule has 0 aromatic heterocycles. The lowest BCUT2D eigenvalue weighted by Crippen LogP contribution is -2.09. The van der Waals surface area contributed by atoms with Crippen LogP contribution in [0.15, 0.2) is 21.4 Å². The van der Waals surface area contributed by atoms with Gasteiger partial charge in [0.25, 0.3) is 0 Å². The molecule has 10 heteroatoms. The van der Waals surface area contributed by atoms with Crippen molar-refractivity contribution < 1.29 is 23.8 Å². The number of hydrogen-bond acceptors (Lipinski definition) is 3. The Morgan fingerprint density at radius 2 is 1.71 bits per heavy atom. The second kappa shape index (κ2) is 3.11. The molecule has 0 atom stereocenters. The molecule has 0 aliphatic heterocycles. The number of rotatable bonds is 2. The SMILES string of the molecule is N#Cc1c(F)cc(N=S)cc1S(F)(F)(F)(F)F. The van der Waals surface area contributed by atoms with Crippen LogP contribution in [0.4, 0.5) is 29.5 Å². The van der Waals surface area contributed by atoms with E-state index in [2.05, 4.69) is 16.8 Å². The highest BCUT2D eigenvalue weighted by atomic mass is 32.5. The number of halogens is 6. The normalized spacial score (nSPS) is 15.6. The highest BCUT2D eigenvalue weighted by molar-refractivity contribution is 8.45. The average Bonchev–Trinajstić information content (AvgIpc) is 2.13. The summed E-state index contributed by atoms with van der Waals surface area (Å²) < 4.78 is 78.3. The Morgan fingerprint density at radius 1 is 1.18 bits per heavy atom. The second-order valence-electron chi connectivity index (χ2n) is 2.97. The van der Waals surface area contributed by atoms with Crippen molar-refractivity contribution in [3.8, 4) is 6.07 Å². The van der Waals surface area contributed by atoms with Gasteiger partial charge in [0.05, 0.1) is 5.69 Å². The average molecular weight is 292 g/mol. The maximum Gasteiger partial charge on any atom is 0.311 e.